The fraction of sp³-hybridized carbons (Fsp3) is 0.286. The smallest absolute Gasteiger partial charge is 0.322 e. The molecule has 0 aliphatic rings. The number of ether oxygens (including phenoxy) is 2. The first-order valence-electron chi connectivity index (χ1n) is 9.82. The lowest BCUT2D eigenvalue weighted by Gasteiger charge is -2.18. The molecule has 170 valence electrons. The number of anilines is 1. The summed E-state index contributed by atoms with van der Waals surface area (Å²) in [4.78, 5) is 12.7. The monoisotopic (exact) mass is 460 g/mol. The highest BCUT2D eigenvalue weighted by Crippen LogP contribution is 2.37. The van der Waals surface area contributed by atoms with E-state index in [0.717, 1.165) is 0 Å². The summed E-state index contributed by atoms with van der Waals surface area (Å²) in [5, 5.41) is 10.3. The van der Waals surface area contributed by atoms with Gasteiger partial charge < -0.3 is 13.9 Å². The minimum Gasteiger partial charge on any atom is -0.493 e. The van der Waals surface area contributed by atoms with Crippen LogP contribution in [0.1, 0.15) is 24.2 Å². The number of hydrogen-bond donors (Lipinski definition) is 1. The van der Waals surface area contributed by atoms with Crippen molar-refractivity contribution < 1.29 is 27.1 Å². The number of carbonyl (C=O) groups excluding carboxylic acids is 1. The highest BCUT2D eigenvalue weighted by Gasteiger charge is 2.22. The first-order valence-corrected chi connectivity index (χ1v) is 11.3. The van der Waals surface area contributed by atoms with Gasteiger partial charge in [0, 0.05) is 18.7 Å². The van der Waals surface area contributed by atoms with Gasteiger partial charge in [-0.3, -0.25) is 10.1 Å². The van der Waals surface area contributed by atoms with Crippen LogP contribution in [0.5, 0.6) is 11.5 Å². The number of amides is 1. The van der Waals surface area contributed by atoms with Crippen LogP contribution in [-0.4, -0.2) is 56.1 Å². The second-order valence-electron chi connectivity index (χ2n) is 6.52. The number of nitrogens with zero attached hydrogens (tertiary/aromatic N) is 3. The maximum atomic E-state index is 12.6. The molecule has 10 nitrogen and oxygen atoms in total. The average Bonchev–Trinajstić information content (AvgIpc) is 3.27. The third-order valence-electron chi connectivity index (χ3n) is 4.74. The molecule has 32 heavy (non-hydrogen) atoms. The molecular weight excluding hydrogens is 436 g/mol. The van der Waals surface area contributed by atoms with Crippen LogP contribution in [0.15, 0.2) is 51.8 Å². The van der Waals surface area contributed by atoms with Crippen LogP contribution in [0, 0.1) is 0 Å². The summed E-state index contributed by atoms with van der Waals surface area (Å²) in [5.41, 5.74) is 0.744. The number of aromatic nitrogens is 2. The maximum Gasteiger partial charge on any atom is 0.322 e. The Morgan fingerprint density at radius 2 is 1.72 bits per heavy atom. The lowest BCUT2D eigenvalue weighted by atomic mass is 10.2. The van der Waals surface area contributed by atoms with Crippen LogP contribution < -0.4 is 14.8 Å². The third-order valence-corrected chi connectivity index (χ3v) is 6.80. The molecule has 0 atom stereocenters. The summed E-state index contributed by atoms with van der Waals surface area (Å²) in [6.07, 6.45) is 0. The van der Waals surface area contributed by atoms with Gasteiger partial charge in [-0.25, -0.2) is 8.42 Å². The van der Waals surface area contributed by atoms with Crippen LogP contribution in [0.25, 0.3) is 11.5 Å². The van der Waals surface area contributed by atoms with Crippen molar-refractivity contribution in [3.63, 3.8) is 0 Å². The van der Waals surface area contributed by atoms with E-state index < -0.39 is 15.9 Å². The molecule has 0 bridgehead atoms. The van der Waals surface area contributed by atoms with Gasteiger partial charge in [0.2, 0.25) is 10.0 Å². The summed E-state index contributed by atoms with van der Waals surface area (Å²) in [7, 11) is -0.599. The molecule has 0 saturated heterocycles. The van der Waals surface area contributed by atoms with Crippen molar-refractivity contribution in [2.24, 2.45) is 0 Å². The van der Waals surface area contributed by atoms with E-state index in [-0.39, 0.29) is 22.4 Å². The summed E-state index contributed by atoms with van der Waals surface area (Å²) in [6, 6.07) is 10.7. The Morgan fingerprint density at radius 3 is 2.31 bits per heavy atom. The Hall–Kier alpha value is -3.44. The van der Waals surface area contributed by atoms with Crippen molar-refractivity contribution >= 4 is 21.9 Å². The number of rotatable bonds is 9. The van der Waals surface area contributed by atoms with Gasteiger partial charge in [-0.05, 0) is 36.4 Å². The van der Waals surface area contributed by atoms with Gasteiger partial charge in [0.05, 0.1) is 24.7 Å². The summed E-state index contributed by atoms with van der Waals surface area (Å²) in [6.45, 7) is 4.25. The fourth-order valence-electron chi connectivity index (χ4n) is 3.10. The molecule has 0 aliphatic heterocycles. The Labute approximate surface area is 186 Å². The Kier molecular flexibility index (Phi) is 7.11. The molecule has 0 spiro atoms. The lowest BCUT2D eigenvalue weighted by molar-refractivity contribution is 0.102. The molecule has 3 rings (SSSR count). The van der Waals surface area contributed by atoms with Crippen molar-refractivity contribution in [1.29, 1.82) is 0 Å². The normalized spacial score (nSPS) is 11.4. The molecule has 0 saturated carbocycles. The molecule has 0 unspecified atom stereocenters. The molecule has 0 radical (unpaired) electrons. The fourth-order valence-corrected chi connectivity index (χ4v) is 4.56. The van der Waals surface area contributed by atoms with Crippen molar-refractivity contribution in [3.05, 3.63) is 48.0 Å². The van der Waals surface area contributed by atoms with E-state index in [1.165, 1.54) is 42.8 Å². The summed E-state index contributed by atoms with van der Waals surface area (Å²) >= 11 is 0. The van der Waals surface area contributed by atoms with E-state index in [1.54, 1.807) is 32.0 Å². The minimum atomic E-state index is -3.60. The second-order valence-corrected chi connectivity index (χ2v) is 8.46. The standard InChI is InChI=1S/C21H24N4O6S/c1-5-25(6-2)32(27,28)15-12-10-14(11-13-15)19(26)22-21-24-23-20(31-21)16-8-7-9-17(29-3)18(16)30-4/h7-13H,5-6H2,1-4H3,(H,22,24,26). The quantitative estimate of drug-likeness (QED) is 0.517. The molecule has 1 aromatic heterocycles. The number of nitrogens with one attached hydrogen (secondary N) is 1. The van der Waals surface area contributed by atoms with Crippen LogP contribution in [0.2, 0.25) is 0 Å². The van der Waals surface area contributed by atoms with E-state index in [4.69, 9.17) is 13.9 Å². The molecule has 1 N–H and O–H groups in total. The first kappa shape index (κ1) is 23.2. The third kappa shape index (κ3) is 4.58. The highest BCUT2D eigenvalue weighted by atomic mass is 32.2. The van der Waals surface area contributed by atoms with E-state index in [0.29, 0.717) is 30.2 Å². The van der Waals surface area contributed by atoms with E-state index in [1.807, 2.05) is 0 Å². The van der Waals surface area contributed by atoms with Crippen LogP contribution >= 0.6 is 0 Å². The second kappa shape index (κ2) is 9.79. The zero-order chi connectivity index (χ0) is 23.3. The molecule has 1 heterocycles. The average molecular weight is 461 g/mol. The van der Waals surface area contributed by atoms with Gasteiger partial charge in [0.25, 0.3) is 11.8 Å². The van der Waals surface area contributed by atoms with Gasteiger partial charge in [-0.2, -0.15) is 4.31 Å². The topological polar surface area (TPSA) is 124 Å². The van der Waals surface area contributed by atoms with Gasteiger partial charge in [-0.15, -0.1) is 5.10 Å². The van der Waals surface area contributed by atoms with Crippen molar-refractivity contribution in [3.8, 4) is 23.0 Å². The predicted octanol–water partition coefficient (Wildman–Crippen LogP) is 3.04. The molecule has 0 fully saturated rings. The minimum absolute atomic E-state index is 0.114. The van der Waals surface area contributed by atoms with Gasteiger partial charge in [-0.1, -0.05) is 25.0 Å². The van der Waals surface area contributed by atoms with Crippen molar-refractivity contribution in [2.45, 2.75) is 18.7 Å². The SMILES string of the molecule is CCN(CC)S(=O)(=O)c1ccc(C(=O)Nc2nnc(-c3cccc(OC)c3OC)o2)cc1. The van der Waals surface area contributed by atoms with Crippen LogP contribution in [0.3, 0.4) is 0 Å². The van der Waals surface area contributed by atoms with Crippen molar-refractivity contribution in [1.82, 2.24) is 14.5 Å². The predicted molar refractivity (Wildman–Crippen MR) is 117 cm³/mol. The molecule has 1 amide bonds. The molecular formula is C21H24N4O6S. The molecule has 2 aromatic carbocycles. The lowest BCUT2D eigenvalue weighted by Crippen LogP contribution is -2.30. The number of sulfonamides is 1. The Balaban J connectivity index is 1.78. The largest absolute Gasteiger partial charge is 0.493 e. The summed E-state index contributed by atoms with van der Waals surface area (Å²) < 4.78 is 42.7. The van der Waals surface area contributed by atoms with Crippen molar-refractivity contribution in [2.75, 3.05) is 32.6 Å². The van der Waals surface area contributed by atoms with Crippen LogP contribution in [0.4, 0.5) is 6.01 Å². The number of para-hydroxylation sites is 1. The Morgan fingerprint density at radius 1 is 1.03 bits per heavy atom. The number of methoxy groups -OCH3 is 2. The van der Waals surface area contributed by atoms with Gasteiger partial charge >= 0.3 is 6.01 Å². The van der Waals surface area contributed by atoms with E-state index >= 15 is 0 Å². The number of carbonyl (C=O) groups is 1. The van der Waals surface area contributed by atoms with E-state index in [2.05, 4.69) is 15.5 Å². The van der Waals surface area contributed by atoms with Gasteiger partial charge in [0.15, 0.2) is 11.5 Å². The van der Waals surface area contributed by atoms with Gasteiger partial charge in [0.1, 0.15) is 0 Å². The molecule has 0 aliphatic carbocycles. The van der Waals surface area contributed by atoms with Crippen LogP contribution in [-0.2, 0) is 10.0 Å². The zero-order valence-electron chi connectivity index (χ0n) is 18.2. The van der Waals surface area contributed by atoms with E-state index in [9.17, 15) is 13.2 Å². The molecule has 11 heteroatoms. The highest BCUT2D eigenvalue weighted by molar-refractivity contribution is 7.89. The molecule has 3 aromatic rings. The maximum absolute atomic E-state index is 12.6. The zero-order valence-corrected chi connectivity index (χ0v) is 19.0. The number of benzene rings is 2. The summed E-state index contributed by atoms with van der Waals surface area (Å²) in [5.74, 6) is 0.524. The Bertz CT molecular complexity index is 1190. The first-order chi connectivity index (χ1) is 15.3. The number of hydrogen-bond acceptors (Lipinski definition) is 8.